The van der Waals surface area contributed by atoms with E-state index in [1.165, 1.54) is 25.7 Å². The Bertz CT molecular complexity index is 250. The predicted molar refractivity (Wildman–Crippen MR) is 73.3 cm³/mol. The summed E-state index contributed by atoms with van der Waals surface area (Å²) >= 11 is 0. The average Bonchev–Trinajstić information content (AvgIpc) is 2.85. The molecule has 1 rings (SSSR count). The minimum absolute atomic E-state index is 0.00849. The molecule has 1 amide bonds. The molecule has 1 aliphatic carbocycles. The zero-order valence-electron chi connectivity index (χ0n) is 11.8. The molecule has 0 aromatic rings. The SMILES string of the molecule is CCC1(CNC(=O)C(N)CCCOC)CCCC1. The van der Waals surface area contributed by atoms with Crippen molar-refractivity contribution in [1.29, 1.82) is 0 Å². The maximum atomic E-state index is 11.9. The molecule has 18 heavy (non-hydrogen) atoms. The van der Waals surface area contributed by atoms with Crippen LogP contribution in [0.4, 0.5) is 0 Å². The van der Waals surface area contributed by atoms with Gasteiger partial charge < -0.3 is 15.8 Å². The van der Waals surface area contributed by atoms with Crippen LogP contribution in [0.2, 0.25) is 0 Å². The van der Waals surface area contributed by atoms with Crippen LogP contribution in [0.1, 0.15) is 51.9 Å². The molecule has 0 saturated heterocycles. The average molecular weight is 256 g/mol. The van der Waals surface area contributed by atoms with Gasteiger partial charge in [-0.25, -0.2) is 0 Å². The molecule has 1 saturated carbocycles. The third kappa shape index (κ3) is 4.58. The third-order valence-electron chi connectivity index (χ3n) is 4.25. The van der Waals surface area contributed by atoms with Gasteiger partial charge >= 0.3 is 0 Å². The second-order valence-corrected chi connectivity index (χ2v) is 5.52. The summed E-state index contributed by atoms with van der Waals surface area (Å²) in [5.74, 6) is -0.00849. The third-order valence-corrected chi connectivity index (χ3v) is 4.25. The van der Waals surface area contributed by atoms with Crippen LogP contribution in [0.5, 0.6) is 0 Å². The van der Waals surface area contributed by atoms with Gasteiger partial charge in [0, 0.05) is 20.3 Å². The molecule has 0 aliphatic heterocycles. The van der Waals surface area contributed by atoms with Crippen molar-refractivity contribution in [3.8, 4) is 0 Å². The van der Waals surface area contributed by atoms with Gasteiger partial charge in [0.15, 0.2) is 0 Å². The van der Waals surface area contributed by atoms with Crippen molar-refractivity contribution in [2.75, 3.05) is 20.3 Å². The quantitative estimate of drug-likeness (QED) is 0.651. The van der Waals surface area contributed by atoms with Crippen LogP contribution in [-0.4, -0.2) is 32.2 Å². The summed E-state index contributed by atoms with van der Waals surface area (Å²) in [6, 6.07) is -0.393. The summed E-state index contributed by atoms with van der Waals surface area (Å²) in [7, 11) is 1.66. The van der Waals surface area contributed by atoms with Crippen LogP contribution in [0.25, 0.3) is 0 Å². The molecule has 0 bridgehead atoms. The highest BCUT2D eigenvalue weighted by molar-refractivity contribution is 5.81. The lowest BCUT2D eigenvalue weighted by Crippen LogP contribution is -2.44. The fraction of sp³-hybridized carbons (Fsp3) is 0.929. The molecule has 0 heterocycles. The zero-order valence-corrected chi connectivity index (χ0v) is 11.8. The van der Waals surface area contributed by atoms with E-state index in [4.69, 9.17) is 10.5 Å². The molecule has 0 aromatic carbocycles. The van der Waals surface area contributed by atoms with E-state index in [0.717, 1.165) is 19.4 Å². The monoisotopic (exact) mass is 256 g/mol. The molecule has 106 valence electrons. The number of amides is 1. The van der Waals surface area contributed by atoms with Crippen LogP contribution in [-0.2, 0) is 9.53 Å². The van der Waals surface area contributed by atoms with Gasteiger partial charge in [-0.2, -0.15) is 0 Å². The number of hydrogen-bond donors (Lipinski definition) is 2. The van der Waals surface area contributed by atoms with E-state index in [0.29, 0.717) is 18.4 Å². The molecule has 0 aromatic heterocycles. The predicted octanol–water partition coefficient (Wildman–Crippen LogP) is 1.83. The summed E-state index contributed by atoms with van der Waals surface area (Å²) < 4.78 is 4.96. The number of hydrogen-bond acceptors (Lipinski definition) is 3. The number of nitrogens with one attached hydrogen (secondary N) is 1. The summed E-state index contributed by atoms with van der Waals surface area (Å²) in [6.07, 6.45) is 7.74. The Labute approximate surface area is 111 Å². The Morgan fingerprint density at radius 1 is 1.44 bits per heavy atom. The number of nitrogens with two attached hydrogens (primary N) is 1. The van der Waals surface area contributed by atoms with Gasteiger partial charge in [0.2, 0.25) is 5.91 Å². The number of carbonyl (C=O) groups excluding carboxylic acids is 1. The minimum atomic E-state index is -0.393. The molecule has 1 aliphatic rings. The molecule has 4 heteroatoms. The lowest BCUT2D eigenvalue weighted by molar-refractivity contribution is -0.123. The van der Waals surface area contributed by atoms with E-state index in [2.05, 4.69) is 12.2 Å². The molecule has 4 nitrogen and oxygen atoms in total. The standard InChI is InChI=1S/C14H28N2O2/c1-3-14(8-4-5-9-14)11-16-13(17)12(15)7-6-10-18-2/h12H,3-11,15H2,1-2H3,(H,16,17). The minimum Gasteiger partial charge on any atom is -0.385 e. The van der Waals surface area contributed by atoms with Gasteiger partial charge in [-0.1, -0.05) is 19.8 Å². The molecular weight excluding hydrogens is 228 g/mol. The van der Waals surface area contributed by atoms with Crippen molar-refractivity contribution in [1.82, 2.24) is 5.32 Å². The topological polar surface area (TPSA) is 64.4 Å². The van der Waals surface area contributed by atoms with Crippen molar-refractivity contribution in [3.05, 3.63) is 0 Å². The fourth-order valence-corrected chi connectivity index (χ4v) is 2.76. The Morgan fingerprint density at radius 2 is 2.11 bits per heavy atom. The van der Waals surface area contributed by atoms with Gasteiger partial charge in [-0.05, 0) is 37.5 Å². The molecule has 1 atom stereocenters. The highest BCUT2D eigenvalue weighted by Crippen LogP contribution is 2.40. The van der Waals surface area contributed by atoms with Crippen molar-refractivity contribution < 1.29 is 9.53 Å². The van der Waals surface area contributed by atoms with Gasteiger partial charge in [-0.15, -0.1) is 0 Å². The van der Waals surface area contributed by atoms with Crippen LogP contribution in [0.3, 0.4) is 0 Å². The fourth-order valence-electron chi connectivity index (χ4n) is 2.76. The van der Waals surface area contributed by atoms with Gasteiger partial charge in [0.25, 0.3) is 0 Å². The van der Waals surface area contributed by atoms with E-state index in [1.54, 1.807) is 7.11 Å². The van der Waals surface area contributed by atoms with Crippen LogP contribution < -0.4 is 11.1 Å². The lowest BCUT2D eigenvalue weighted by Gasteiger charge is -2.28. The maximum Gasteiger partial charge on any atom is 0.236 e. The first kappa shape index (κ1) is 15.4. The Morgan fingerprint density at radius 3 is 2.67 bits per heavy atom. The number of ether oxygens (including phenoxy) is 1. The zero-order chi connectivity index (χ0) is 13.4. The number of rotatable bonds is 8. The van der Waals surface area contributed by atoms with E-state index >= 15 is 0 Å². The highest BCUT2D eigenvalue weighted by atomic mass is 16.5. The first-order valence-corrected chi connectivity index (χ1v) is 7.16. The van der Waals surface area contributed by atoms with E-state index in [-0.39, 0.29) is 5.91 Å². The summed E-state index contributed by atoms with van der Waals surface area (Å²) in [5, 5.41) is 3.04. The molecule has 0 radical (unpaired) electrons. The summed E-state index contributed by atoms with van der Waals surface area (Å²) in [4.78, 5) is 11.9. The molecule has 3 N–H and O–H groups in total. The van der Waals surface area contributed by atoms with E-state index in [1.807, 2.05) is 0 Å². The van der Waals surface area contributed by atoms with E-state index < -0.39 is 6.04 Å². The number of methoxy groups -OCH3 is 1. The Balaban J connectivity index is 2.26. The first-order chi connectivity index (χ1) is 8.63. The van der Waals surface area contributed by atoms with Crippen LogP contribution in [0.15, 0.2) is 0 Å². The van der Waals surface area contributed by atoms with Crippen LogP contribution >= 0.6 is 0 Å². The second-order valence-electron chi connectivity index (χ2n) is 5.52. The maximum absolute atomic E-state index is 11.9. The Hall–Kier alpha value is -0.610. The van der Waals surface area contributed by atoms with Gasteiger partial charge in [0.05, 0.1) is 6.04 Å². The lowest BCUT2D eigenvalue weighted by atomic mass is 9.83. The van der Waals surface area contributed by atoms with Gasteiger partial charge in [0.1, 0.15) is 0 Å². The van der Waals surface area contributed by atoms with Crippen molar-refractivity contribution in [3.63, 3.8) is 0 Å². The second kappa shape index (κ2) is 7.74. The van der Waals surface area contributed by atoms with Crippen molar-refractivity contribution in [2.24, 2.45) is 11.1 Å². The van der Waals surface area contributed by atoms with Crippen molar-refractivity contribution >= 4 is 5.91 Å². The van der Waals surface area contributed by atoms with Crippen molar-refractivity contribution in [2.45, 2.75) is 57.9 Å². The van der Waals surface area contributed by atoms with E-state index in [9.17, 15) is 4.79 Å². The highest BCUT2D eigenvalue weighted by Gasteiger charge is 2.32. The Kier molecular flexibility index (Phi) is 6.65. The van der Waals surface area contributed by atoms with Gasteiger partial charge in [-0.3, -0.25) is 4.79 Å². The summed E-state index contributed by atoms with van der Waals surface area (Å²) in [6.45, 7) is 3.68. The molecular formula is C14H28N2O2. The number of carbonyl (C=O) groups is 1. The molecule has 1 fully saturated rings. The smallest absolute Gasteiger partial charge is 0.236 e. The largest absolute Gasteiger partial charge is 0.385 e. The molecule has 0 spiro atoms. The van der Waals surface area contributed by atoms with Crippen LogP contribution in [0, 0.1) is 5.41 Å². The molecule has 1 unspecified atom stereocenters. The normalized spacial score (nSPS) is 19.7. The first-order valence-electron chi connectivity index (χ1n) is 7.16. The summed E-state index contributed by atoms with van der Waals surface area (Å²) in [5.41, 5.74) is 6.19.